The van der Waals surface area contributed by atoms with Gasteiger partial charge in [-0.15, -0.1) is 0 Å². The van der Waals surface area contributed by atoms with E-state index in [1.54, 1.807) is 12.3 Å². The van der Waals surface area contributed by atoms with Crippen LogP contribution in [-0.2, 0) is 4.79 Å². The third kappa shape index (κ3) is 4.71. The Hall–Kier alpha value is -2.56. The normalized spacial score (nSPS) is 14.6. The molecule has 23 heavy (non-hydrogen) atoms. The summed E-state index contributed by atoms with van der Waals surface area (Å²) in [6.07, 6.45) is 6.58. The summed E-state index contributed by atoms with van der Waals surface area (Å²) in [5, 5.41) is 13.2. The Bertz CT molecular complexity index is 643. The van der Waals surface area contributed by atoms with Gasteiger partial charge in [0, 0.05) is 24.4 Å². The first-order valence-corrected chi connectivity index (χ1v) is 7.73. The maximum Gasteiger partial charge on any atom is 0.331 e. The number of hydrogen-bond acceptors (Lipinski definition) is 4. The summed E-state index contributed by atoms with van der Waals surface area (Å²) in [5.74, 6) is -0.869. The Kier molecular flexibility index (Phi) is 5.57. The van der Waals surface area contributed by atoms with E-state index in [1.165, 1.54) is 0 Å². The highest BCUT2D eigenvalue weighted by Gasteiger charge is 2.11. The molecule has 0 fully saturated rings. The number of hydrazone groups is 1. The van der Waals surface area contributed by atoms with Gasteiger partial charge in [-0.2, -0.15) is 5.10 Å². The first-order valence-electron chi connectivity index (χ1n) is 7.73. The van der Waals surface area contributed by atoms with Gasteiger partial charge in [-0.3, -0.25) is 5.43 Å². The number of hydrogen-bond donors (Lipinski definition) is 2. The molecule has 0 heterocycles. The van der Waals surface area contributed by atoms with Crippen LogP contribution in [0, 0.1) is 0 Å². The summed E-state index contributed by atoms with van der Waals surface area (Å²) in [5.41, 5.74) is 6.17. The minimum Gasteiger partial charge on any atom is -0.478 e. The number of aliphatic carboxylic acids is 1. The third-order valence-corrected chi connectivity index (χ3v) is 3.86. The zero-order chi connectivity index (χ0) is 16.8. The van der Waals surface area contributed by atoms with E-state index in [9.17, 15) is 4.79 Å². The van der Waals surface area contributed by atoms with Crippen molar-refractivity contribution < 1.29 is 9.90 Å². The van der Waals surface area contributed by atoms with Crippen LogP contribution < -0.4 is 10.3 Å². The van der Waals surface area contributed by atoms with Crippen LogP contribution in [0.2, 0.25) is 0 Å². The van der Waals surface area contributed by atoms with Crippen LogP contribution in [0.5, 0.6) is 0 Å². The molecule has 2 N–H and O–H groups in total. The lowest BCUT2D eigenvalue weighted by atomic mass is 10.0. The molecule has 1 aliphatic rings. The maximum absolute atomic E-state index is 11.0. The molecule has 5 heteroatoms. The second kappa shape index (κ2) is 7.63. The van der Waals surface area contributed by atoms with Crippen LogP contribution in [0.4, 0.5) is 5.69 Å². The van der Waals surface area contributed by atoms with Crippen molar-refractivity contribution in [3.8, 4) is 0 Å². The molecular weight excluding hydrogens is 290 g/mol. The molecule has 0 radical (unpaired) electrons. The van der Waals surface area contributed by atoms with E-state index in [0.717, 1.165) is 16.9 Å². The van der Waals surface area contributed by atoms with Gasteiger partial charge < -0.3 is 10.0 Å². The fourth-order valence-electron chi connectivity index (χ4n) is 2.22. The first kappa shape index (κ1) is 16.8. The topological polar surface area (TPSA) is 64.9 Å². The zero-order valence-electron chi connectivity index (χ0n) is 13.8. The Morgan fingerprint density at radius 1 is 1.35 bits per heavy atom. The molecule has 0 unspecified atom stereocenters. The molecule has 1 aromatic rings. The predicted molar refractivity (Wildman–Crippen MR) is 93.7 cm³/mol. The number of anilines is 1. The molecule has 0 saturated carbocycles. The minimum absolute atomic E-state index is 0.409. The van der Waals surface area contributed by atoms with Crippen molar-refractivity contribution in [2.75, 3.05) is 11.9 Å². The number of allylic oxidation sites excluding steroid dienone is 2. The Balaban J connectivity index is 1.96. The zero-order valence-corrected chi connectivity index (χ0v) is 13.8. The number of carbonyl (C=O) groups is 1. The van der Waals surface area contributed by atoms with Crippen molar-refractivity contribution in [2.45, 2.75) is 32.7 Å². The molecule has 0 amide bonds. The van der Waals surface area contributed by atoms with E-state index >= 15 is 0 Å². The Morgan fingerprint density at radius 2 is 2.04 bits per heavy atom. The van der Waals surface area contributed by atoms with E-state index in [-0.39, 0.29) is 0 Å². The average molecular weight is 313 g/mol. The van der Waals surface area contributed by atoms with Gasteiger partial charge in [-0.1, -0.05) is 18.2 Å². The van der Waals surface area contributed by atoms with Crippen molar-refractivity contribution in [3.63, 3.8) is 0 Å². The second-order valence-electron chi connectivity index (χ2n) is 5.84. The number of carboxylic acids is 1. The molecule has 0 atom stereocenters. The van der Waals surface area contributed by atoms with Crippen LogP contribution in [0.3, 0.4) is 0 Å². The predicted octanol–water partition coefficient (Wildman–Crippen LogP) is 3.14. The maximum atomic E-state index is 11.0. The summed E-state index contributed by atoms with van der Waals surface area (Å²) in [6, 6.07) is 8.58. The summed E-state index contributed by atoms with van der Waals surface area (Å²) in [4.78, 5) is 13.2. The van der Waals surface area contributed by atoms with Crippen LogP contribution in [0.1, 0.15) is 32.3 Å². The third-order valence-electron chi connectivity index (χ3n) is 3.86. The SMILES string of the molecule is CC(C)N(C)c1ccc(/C=N/NC2=CCCC(C(=O)O)=C2)cc1. The van der Waals surface area contributed by atoms with Crippen molar-refractivity contribution in [1.29, 1.82) is 0 Å². The van der Waals surface area contributed by atoms with Gasteiger partial charge in [-0.25, -0.2) is 4.79 Å². The van der Waals surface area contributed by atoms with Crippen LogP contribution in [0.25, 0.3) is 0 Å². The van der Waals surface area contributed by atoms with Gasteiger partial charge in [0.05, 0.1) is 11.9 Å². The van der Waals surface area contributed by atoms with Gasteiger partial charge in [0.15, 0.2) is 0 Å². The molecular formula is C18H23N3O2. The largest absolute Gasteiger partial charge is 0.478 e. The lowest BCUT2D eigenvalue weighted by molar-refractivity contribution is -0.132. The fourth-order valence-corrected chi connectivity index (χ4v) is 2.22. The molecule has 0 bridgehead atoms. The highest BCUT2D eigenvalue weighted by molar-refractivity contribution is 5.87. The summed E-state index contributed by atoms with van der Waals surface area (Å²) in [6.45, 7) is 4.30. The molecule has 0 aromatic heterocycles. The second-order valence-corrected chi connectivity index (χ2v) is 5.84. The molecule has 1 aromatic carbocycles. The van der Waals surface area contributed by atoms with Crippen LogP contribution in [-0.4, -0.2) is 30.4 Å². The molecule has 5 nitrogen and oxygen atoms in total. The van der Waals surface area contributed by atoms with E-state index in [0.29, 0.717) is 24.5 Å². The van der Waals surface area contributed by atoms with Gasteiger partial charge in [-0.05, 0) is 50.5 Å². The number of benzene rings is 1. The number of nitrogens with zero attached hydrogens (tertiary/aromatic N) is 2. The molecule has 0 aliphatic heterocycles. The van der Waals surface area contributed by atoms with Crippen molar-refractivity contribution in [2.24, 2.45) is 5.10 Å². The highest BCUT2D eigenvalue weighted by Crippen LogP contribution is 2.16. The van der Waals surface area contributed by atoms with Crippen LogP contribution >= 0.6 is 0 Å². The van der Waals surface area contributed by atoms with E-state index in [2.05, 4.69) is 48.5 Å². The highest BCUT2D eigenvalue weighted by atomic mass is 16.4. The lowest BCUT2D eigenvalue weighted by Gasteiger charge is -2.23. The van der Waals surface area contributed by atoms with Crippen molar-refractivity contribution in [3.05, 3.63) is 53.3 Å². The standard InChI is InChI=1S/C18H23N3O2/c1-13(2)21(3)17-9-7-14(8-10-17)12-19-20-16-6-4-5-15(11-16)18(22)23/h6-13,20H,4-5H2,1-3H3,(H,22,23)/b19-12+. The Morgan fingerprint density at radius 3 is 2.65 bits per heavy atom. The fraction of sp³-hybridized carbons (Fsp3) is 0.333. The van der Waals surface area contributed by atoms with E-state index in [1.807, 2.05) is 18.2 Å². The van der Waals surface area contributed by atoms with Crippen molar-refractivity contribution in [1.82, 2.24) is 5.43 Å². The molecule has 0 spiro atoms. The van der Waals surface area contributed by atoms with E-state index in [4.69, 9.17) is 5.11 Å². The Labute approximate surface area is 137 Å². The first-order chi connectivity index (χ1) is 11.0. The summed E-state index contributed by atoms with van der Waals surface area (Å²) >= 11 is 0. The smallest absolute Gasteiger partial charge is 0.331 e. The molecule has 122 valence electrons. The molecule has 2 rings (SSSR count). The van der Waals surface area contributed by atoms with Crippen LogP contribution in [0.15, 0.2) is 52.8 Å². The minimum atomic E-state index is -0.869. The quantitative estimate of drug-likeness (QED) is 0.625. The number of nitrogens with one attached hydrogen (secondary N) is 1. The summed E-state index contributed by atoms with van der Waals surface area (Å²) < 4.78 is 0. The van der Waals surface area contributed by atoms with Gasteiger partial charge in [0.1, 0.15) is 0 Å². The number of rotatable bonds is 6. The van der Waals surface area contributed by atoms with Gasteiger partial charge >= 0.3 is 5.97 Å². The monoisotopic (exact) mass is 313 g/mol. The summed E-state index contributed by atoms with van der Waals surface area (Å²) in [7, 11) is 2.07. The van der Waals surface area contributed by atoms with Gasteiger partial charge in [0.2, 0.25) is 0 Å². The van der Waals surface area contributed by atoms with E-state index < -0.39 is 5.97 Å². The van der Waals surface area contributed by atoms with Gasteiger partial charge in [0.25, 0.3) is 0 Å². The average Bonchev–Trinajstić information content (AvgIpc) is 2.55. The van der Waals surface area contributed by atoms with Crippen molar-refractivity contribution >= 4 is 17.9 Å². The lowest BCUT2D eigenvalue weighted by Crippen LogP contribution is -2.25. The number of carboxylic acid groups (broad SMARTS) is 1. The molecule has 1 aliphatic carbocycles. The molecule has 0 saturated heterocycles.